The molecule has 0 aromatic heterocycles. The van der Waals surface area contributed by atoms with E-state index in [9.17, 15) is 17.2 Å². The molecule has 0 saturated carbocycles. The maximum atomic E-state index is 13.4. The van der Waals surface area contributed by atoms with Crippen LogP contribution in [0.15, 0.2) is 23.1 Å². The van der Waals surface area contributed by atoms with Gasteiger partial charge in [-0.3, -0.25) is 0 Å². The van der Waals surface area contributed by atoms with Crippen molar-refractivity contribution in [2.24, 2.45) is 5.73 Å². The summed E-state index contributed by atoms with van der Waals surface area (Å²) in [6.07, 6.45) is 0. The van der Waals surface area contributed by atoms with Crippen LogP contribution in [0, 0.1) is 11.6 Å². The molecule has 1 aromatic rings. The molecule has 1 aromatic carbocycles. The minimum atomic E-state index is -4.09. The Kier molecular flexibility index (Phi) is 5.15. The zero-order valence-corrected chi connectivity index (χ0v) is 10.5. The van der Waals surface area contributed by atoms with E-state index in [1.54, 1.807) is 0 Å². The minimum Gasteiger partial charge on any atom is -0.383 e. The van der Waals surface area contributed by atoms with Crippen LogP contribution in [0.1, 0.15) is 0 Å². The van der Waals surface area contributed by atoms with Crippen LogP contribution in [0.2, 0.25) is 0 Å². The molecule has 102 valence electrons. The number of hydrogen-bond donors (Lipinski definition) is 2. The second kappa shape index (κ2) is 6.19. The zero-order chi connectivity index (χ0) is 13.8. The van der Waals surface area contributed by atoms with Crippen molar-refractivity contribution in [2.75, 3.05) is 20.3 Å². The van der Waals surface area contributed by atoms with Crippen LogP contribution in [0.5, 0.6) is 0 Å². The summed E-state index contributed by atoms with van der Waals surface area (Å²) in [7, 11) is -2.71. The van der Waals surface area contributed by atoms with Crippen molar-refractivity contribution in [3.05, 3.63) is 29.8 Å². The van der Waals surface area contributed by atoms with Gasteiger partial charge < -0.3 is 10.5 Å². The number of hydrogen-bond acceptors (Lipinski definition) is 4. The number of nitrogens with two attached hydrogens (primary N) is 1. The number of rotatable bonds is 6. The maximum Gasteiger partial charge on any atom is 0.243 e. The molecule has 0 fully saturated rings. The summed E-state index contributed by atoms with van der Waals surface area (Å²) in [5.41, 5.74) is 5.35. The maximum absolute atomic E-state index is 13.4. The normalized spacial score (nSPS) is 13.6. The summed E-state index contributed by atoms with van der Waals surface area (Å²) in [4.78, 5) is -0.626. The molecular formula is C10H14F2N2O3S. The van der Waals surface area contributed by atoms with E-state index in [4.69, 9.17) is 10.5 Å². The highest BCUT2D eigenvalue weighted by Gasteiger charge is 2.22. The summed E-state index contributed by atoms with van der Waals surface area (Å²) < 4.78 is 56.6. The Hall–Kier alpha value is -1.09. The standard InChI is InChI=1S/C10H14F2N2O3S/c1-17-6-8(5-13)14-18(15,16)10-3-2-7(11)4-9(10)12/h2-4,8,14H,5-6,13H2,1H3. The quantitative estimate of drug-likeness (QED) is 0.781. The van der Waals surface area contributed by atoms with Gasteiger partial charge in [-0.25, -0.2) is 21.9 Å². The van der Waals surface area contributed by atoms with E-state index in [1.807, 2.05) is 0 Å². The molecule has 18 heavy (non-hydrogen) atoms. The molecule has 0 radical (unpaired) electrons. The fraction of sp³-hybridized carbons (Fsp3) is 0.400. The second-order valence-corrected chi connectivity index (χ2v) is 5.27. The first-order valence-electron chi connectivity index (χ1n) is 5.07. The van der Waals surface area contributed by atoms with Gasteiger partial charge in [0.1, 0.15) is 16.5 Å². The predicted molar refractivity (Wildman–Crippen MR) is 61.4 cm³/mol. The van der Waals surface area contributed by atoms with Crippen molar-refractivity contribution in [1.29, 1.82) is 0 Å². The number of sulfonamides is 1. The number of halogens is 2. The molecule has 0 aliphatic carbocycles. The average Bonchev–Trinajstić information content (AvgIpc) is 2.27. The first-order chi connectivity index (χ1) is 8.40. The molecular weight excluding hydrogens is 266 g/mol. The van der Waals surface area contributed by atoms with Crippen molar-refractivity contribution in [3.63, 3.8) is 0 Å². The van der Waals surface area contributed by atoms with Crippen molar-refractivity contribution < 1.29 is 21.9 Å². The summed E-state index contributed by atoms with van der Waals surface area (Å²) >= 11 is 0. The lowest BCUT2D eigenvalue weighted by Crippen LogP contribution is -2.43. The Morgan fingerprint density at radius 2 is 2.11 bits per heavy atom. The third-order valence-electron chi connectivity index (χ3n) is 2.16. The van der Waals surface area contributed by atoms with Crippen molar-refractivity contribution in [1.82, 2.24) is 4.72 Å². The SMILES string of the molecule is COCC(CN)NS(=O)(=O)c1ccc(F)cc1F. The molecule has 0 bridgehead atoms. The number of ether oxygens (including phenoxy) is 1. The van der Waals surface area contributed by atoms with E-state index in [-0.39, 0.29) is 13.2 Å². The Morgan fingerprint density at radius 3 is 2.61 bits per heavy atom. The molecule has 0 aliphatic rings. The van der Waals surface area contributed by atoms with Crippen LogP contribution < -0.4 is 10.5 Å². The Balaban J connectivity index is 2.99. The molecule has 0 heterocycles. The van der Waals surface area contributed by atoms with Gasteiger partial charge in [-0.1, -0.05) is 0 Å². The number of nitrogens with one attached hydrogen (secondary N) is 1. The zero-order valence-electron chi connectivity index (χ0n) is 9.69. The van der Waals surface area contributed by atoms with Crippen LogP contribution in [0.25, 0.3) is 0 Å². The lowest BCUT2D eigenvalue weighted by Gasteiger charge is -2.16. The Labute approximate surface area is 104 Å². The molecule has 1 rings (SSSR count). The topological polar surface area (TPSA) is 81.4 Å². The first kappa shape index (κ1) is 15.0. The van der Waals surface area contributed by atoms with Gasteiger partial charge in [0.2, 0.25) is 10.0 Å². The number of benzene rings is 1. The first-order valence-corrected chi connectivity index (χ1v) is 6.55. The molecule has 5 nitrogen and oxygen atoms in total. The van der Waals surface area contributed by atoms with Crippen LogP contribution in [0.3, 0.4) is 0 Å². The average molecular weight is 280 g/mol. The highest BCUT2D eigenvalue weighted by atomic mass is 32.2. The molecule has 1 atom stereocenters. The van der Waals surface area contributed by atoms with E-state index in [0.717, 1.165) is 12.1 Å². The lowest BCUT2D eigenvalue weighted by atomic mass is 10.3. The smallest absolute Gasteiger partial charge is 0.243 e. The van der Waals surface area contributed by atoms with Crippen LogP contribution in [-0.2, 0) is 14.8 Å². The summed E-state index contributed by atoms with van der Waals surface area (Å²) in [5.74, 6) is -2.01. The van der Waals surface area contributed by atoms with Gasteiger partial charge >= 0.3 is 0 Å². The van der Waals surface area contributed by atoms with Gasteiger partial charge in [-0.05, 0) is 12.1 Å². The fourth-order valence-electron chi connectivity index (χ4n) is 1.33. The fourth-order valence-corrected chi connectivity index (χ4v) is 2.62. The summed E-state index contributed by atoms with van der Waals surface area (Å²) in [6, 6.07) is 1.55. The highest BCUT2D eigenvalue weighted by molar-refractivity contribution is 7.89. The van der Waals surface area contributed by atoms with Gasteiger partial charge in [0.25, 0.3) is 0 Å². The molecule has 0 amide bonds. The predicted octanol–water partition coefficient (Wildman–Crippen LogP) is 0.217. The minimum absolute atomic E-state index is 0.00408. The molecule has 0 saturated heterocycles. The van der Waals surface area contributed by atoms with E-state index in [1.165, 1.54) is 7.11 Å². The molecule has 0 spiro atoms. The van der Waals surface area contributed by atoms with Crippen molar-refractivity contribution in [3.8, 4) is 0 Å². The molecule has 3 N–H and O–H groups in total. The summed E-state index contributed by atoms with van der Waals surface area (Å²) in [5, 5.41) is 0. The monoisotopic (exact) mass is 280 g/mol. The molecule has 1 unspecified atom stereocenters. The highest BCUT2D eigenvalue weighted by Crippen LogP contribution is 2.15. The van der Waals surface area contributed by atoms with Gasteiger partial charge in [0.05, 0.1) is 12.6 Å². The van der Waals surface area contributed by atoms with Crippen molar-refractivity contribution >= 4 is 10.0 Å². The third-order valence-corrected chi connectivity index (χ3v) is 3.71. The van der Waals surface area contributed by atoms with Crippen LogP contribution in [-0.4, -0.2) is 34.7 Å². The molecule has 0 aliphatic heterocycles. The Morgan fingerprint density at radius 1 is 1.44 bits per heavy atom. The van der Waals surface area contributed by atoms with Crippen LogP contribution in [0.4, 0.5) is 8.78 Å². The van der Waals surface area contributed by atoms with E-state index in [2.05, 4.69) is 4.72 Å². The van der Waals surface area contributed by atoms with Crippen LogP contribution >= 0.6 is 0 Å². The van der Waals surface area contributed by atoms with Gasteiger partial charge in [0, 0.05) is 19.7 Å². The largest absolute Gasteiger partial charge is 0.383 e. The van der Waals surface area contributed by atoms with Gasteiger partial charge in [0.15, 0.2) is 0 Å². The third kappa shape index (κ3) is 3.70. The van der Waals surface area contributed by atoms with E-state index >= 15 is 0 Å². The Bertz CT molecular complexity index is 508. The number of methoxy groups -OCH3 is 1. The lowest BCUT2D eigenvalue weighted by molar-refractivity contribution is 0.177. The molecule has 8 heteroatoms. The summed E-state index contributed by atoms with van der Waals surface area (Å²) in [6.45, 7) is 0.0500. The van der Waals surface area contributed by atoms with Gasteiger partial charge in [-0.15, -0.1) is 0 Å². The van der Waals surface area contributed by atoms with Gasteiger partial charge in [-0.2, -0.15) is 0 Å². The van der Waals surface area contributed by atoms with E-state index < -0.39 is 32.6 Å². The van der Waals surface area contributed by atoms with Crippen molar-refractivity contribution in [2.45, 2.75) is 10.9 Å². The second-order valence-electron chi connectivity index (χ2n) is 3.58. The van der Waals surface area contributed by atoms with E-state index in [0.29, 0.717) is 6.07 Å².